The highest BCUT2D eigenvalue weighted by molar-refractivity contribution is 7.87. The third-order valence-electron chi connectivity index (χ3n) is 3.43. The van der Waals surface area contributed by atoms with Crippen LogP contribution in [0.4, 0.5) is 0 Å². The molecule has 7 nitrogen and oxygen atoms in total. The SMILES string of the molecule is COCCN(CCOC)S(=O)(=O)NCCC1CCNC1. The second-order valence-electron chi connectivity index (χ2n) is 4.93. The van der Waals surface area contributed by atoms with Crippen molar-refractivity contribution in [1.29, 1.82) is 0 Å². The first-order valence-electron chi connectivity index (χ1n) is 7.03. The molecule has 0 bridgehead atoms. The minimum atomic E-state index is -3.46. The topological polar surface area (TPSA) is 79.9 Å². The maximum atomic E-state index is 12.2. The van der Waals surface area contributed by atoms with Gasteiger partial charge in [0.2, 0.25) is 0 Å². The summed E-state index contributed by atoms with van der Waals surface area (Å²) in [4.78, 5) is 0. The molecule has 0 spiro atoms. The van der Waals surface area contributed by atoms with Gasteiger partial charge in [0.05, 0.1) is 13.2 Å². The molecule has 120 valence electrons. The van der Waals surface area contributed by atoms with Crippen LogP contribution in [0.2, 0.25) is 0 Å². The minimum absolute atomic E-state index is 0.334. The summed E-state index contributed by atoms with van der Waals surface area (Å²) in [6, 6.07) is 0. The highest BCUT2D eigenvalue weighted by Crippen LogP contribution is 2.11. The van der Waals surface area contributed by atoms with E-state index >= 15 is 0 Å². The van der Waals surface area contributed by atoms with Gasteiger partial charge in [0.15, 0.2) is 0 Å². The van der Waals surface area contributed by atoms with Gasteiger partial charge in [-0.2, -0.15) is 12.7 Å². The van der Waals surface area contributed by atoms with E-state index in [9.17, 15) is 8.42 Å². The number of hydrogen-bond acceptors (Lipinski definition) is 5. The quantitative estimate of drug-likeness (QED) is 0.533. The van der Waals surface area contributed by atoms with E-state index in [2.05, 4.69) is 10.0 Å². The van der Waals surface area contributed by atoms with E-state index in [1.54, 1.807) is 14.2 Å². The van der Waals surface area contributed by atoms with E-state index in [1.165, 1.54) is 4.31 Å². The molecular weight excluding hydrogens is 282 g/mol. The molecule has 0 amide bonds. The van der Waals surface area contributed by atoms with Crippen molar-refractivity contribution in [2.45, 2.75) is 12.8 Å². The van der Waals surface area contributed by atoms with E-state index in [1.807, 2.05) is 0 Å². The average molecular weight is 309 g/mol. The molecule has 8 heteroatoms. The molecule has 1 unspecified atom stereocenters. The number of hydrogen-bond donors (Lipinski definition) is 2. The van der Waals surface area contributed by atoms with Gasteiger partial charge in [0.25, 0.3) is 10.2 Å². The summed E-state index contributed by atoms with van der Waals surface area (Å²) < 4.78 is 38.3. The van der Waals surface area contributed by atoms with Crippen molar-refractivity contribution < 1.29 is 17.9 Å². The van der Waals surface area contributed by atoms with E-state index in [0.717, 1.165) is 25.9 Å². The molecule has 1 aliphatic rings. The summed E-state index contributed by atoms with van der Waals surface area (Å²) in [5.74, 6) is 0.573. The van der Waals surface area contributed by atoms with Crippen LogP contribution in [0, 0.1) is 5.92 Å². The van der Waals surface area contributed by atoms with Crippen LogP contribution in [0.25, 0.3) is 0 Å². The van der Waals surface area contributed by atoms with Gasteiger partial charge >= 0.3 is 0 Å². The normalized spacial score (nSPS) is 19.9. The number of ether oxygens (including phenoxy) is 2. The summed E-state index contributed by atoms with van der Waals surface area (Å²) in [7, 11) is -0.341. The minimum Gasteiger partial charge on any atom is -0.383 e. The molecular formula is C12H27N3O4S. The van der Waals surface area contributed by atoms with Crippen LogP contribution >= 0.6 is 0 Å². The number of methoxy groups -OCH3 is 2. The third-order valence-corrected chi connectivity index (χ3v) is 5.04. The van der Waals surface area contributed by atoms with Crippen LogP contribution < -0.4 is 10.0 Å². The second-order valence-corrected chi connectivity index (χ2v) is 6.69. The van der Waals surface area contributed by atoms with Gasteiger partial charge in [-0.3, -0.25) is 0 Å². The van der Waals surface area contributed by atoms with Crippen molar-refractivity contribution in [1.82, 2.24) is 14.3 Å². The van der Waals surface area contributed by atoms with E-state index < -0.39 is 10.2 Å². The predicted molar refractivity (Wildman–Crippen MR) is 77.8 cm³/mol. The van der Waals surface area contributed by atoms with Crippen molar-refractivity contribution in [2.75, 3.05) is 60.2 Å². The molecule has 1 saturated heterocycles. The van der Waals surface area contributed by atoms with Crippen molar-refractivity contribution in [2.24, 2.45) is 5.92 Å². The Morgan fingerprint density at radius 1 is 1.25 bits per heavy atom. The molecule has 0 aromatic carbocycles. The van der Waals surface area contributed by atoms with Crippen molar-refractivity contribution in [3.05, 3.63) is 0 Å². The molecule has 1 heterocycles. The first-order chi connectivity index (χ1) is 9.60. The smallest absolute Gasteiger partial charge is 0.279 e. The molecule has 0 radical (unpaired) electrons. The lowest BCUT2D eigenvalue weighted by atomic mass is 10.1. The molecule has 20 heavy (non-hydrogen) atoms. The van der Waals surface area contributed by atoms with Crippen molar-refractivity contribution in [3.8, 4) is 0 Å². The summed E-state index contributed by atoms with van der Waals surface area (Å²) in [6.07, 6.45) is 1.99. The fourth-order valence-corrected chi connectivity index (χ4v) is 3.37. The maximum absolute atomic E-state index is 12.2. The largest absolute Gasteiger partial charge is 0.383 e. The molecule has 0 saturated carbocycles. The molecule has 1 rings (SSSR count). The van der Waals surface area contributed by atoms with Gasteiger partial charge in [0.1, 0.15) is 0 Å². The van der Waals surface area contributed by atoms with Crippen LogP contribution in [0.3, 0.4) is 0 Å². The summed E-state index contributed by atoms with van der Waals surface area (Å²) in [5, 5.41) is 3.28. The van der Waals surface area contributed by atoms with Gasteiger partial charge in [-0.15, -0.1) is 0 Å². The van der Waals surface area contributed by atoms with Gasteiger partial charge in [0, 0.05) is 33.9 Å². The monoisotopic (exact) mass is 309 g/mol. The van der Waals surface area contributed by atoms with E-state index in [-0.39, 0.29) is 0 Å². The molecule has 0 aromatic heterocycles. The number of nitrogens with zero attached hydrogens (tertiary/aromatic N) is 1. The molecule has 0 aliphatic carbocycles. The molecule has 1 fully saturated rings. The van der Waals surface area contributed by atoms with Crippen molar-refractivity contribution in [3.63, 3.8) is 0 Å². The van der Waals surface area contributed by atoms with Crippen LogP contribution in [0.15, 0.2) is 0 Å². The van der Waals surface area contributed by atoms with Gasteiger partial charge in [-0.1, -0.05) is 0 Å². The Hall–Kier alpha value is -0.250. The van der Waals surface area contributed by atoms with E-state index in [0.29, 0.717) is 38.8 Å². The Morgan fingerprint density at radius 2 is 1.90 bits per heavy atom. The second kappa shape index (κ2) is 9.64. The highest BCUT2D eigenvalue weighted by atomic mass is 32.2. The lowest BCUT2D eigenvalue weighted by molar-refractivity contribution is 0.149. The van der Waals surface area contributed by atoms with Gasteiger partial charge in [-0.05, 0) is 31.8 Å². The van der Waals surface area contributed by atoms with Crippen LogP contribution in [-0.2, 0) is 19.7 Å². The summed E-state index contributed by atoms with van der Waals surface area (Å²) >= 11 is 0. The fraction of sp³-hybridized carbons (Fsp3) is 1.00. The van der Waals surface area contributed by atoms with Crippen LogP contribution in [0.1, 0.15) is 12.8 Å². The zero-order chi connectivity index (χ0) is 14.8. The first-order valence-corrected chi connectivity index (χ1v) is 8.47. The number of rotatable bonds is 11. The zero-order valence-electron chi connectivity index (χ0n) is 12.4. The third kappa shape index (κ3) is 6.47. The first kappa shape index (κ1) is 17.8. The molecule has 2 N–H and O–H groups in total. The lowest BCUT2D eigenvalue weighted by Gasteiger charge is -2.22. The lowest BCUT2D eigenvalue weighted by Crippen LogP contribution is -2.44. The van der Waals surface area contributed by atoms with Crippen LogP contribution in [0.5, 0.6) is 0 Å². The van der Waals surface area contributed by atoms with Gasteiger partial charge in [-0.25, -0.2) is 4.72 Å². The fourth-order valence-electron chi connectivity index (χ4n) is 2.18. The Bertz CT molecular complexity index is 337. The Labute approximate surface area is 122 Å². The van der Waals surface area contributed by atoms with Crippen LogP contribution in [-0.4, -0.2) is 72.9 Å². The molecule has 1 atom stereocenters. The maximum Gasteiger partial charge on any atom is 0.279 e. The zero-order valence-corrected chi connectivity index (χ0v) is 13.2. The Kier molecular flexibility index (Phi) is 8.58. The summed E-state index contributed by atoms with van der Waals surface area (Å²) in [5.41, 5.74) is 0. The van der Waals surface area contributed by atoms with E-state index in [4.69, 9.17) is 9.47 Å². The van der Waals surface area contributed by atoms with Gasteiger partial charge < -0.3 is 14.8 Å². The predicted octanol–water partition coefficient (Wildman–Crippen LogP) is -0.585. The average Bonchev–Trinajstić information content (AvgIpc) is 2.91. The Morgan fingerprint density at radius 3 is 2.40 bits per heavy atom. The molecule has 0 aromatic rings. The Balaban J connectivity index is 2.39. The molecule has 1 aliphatic heterocycles. The standard InChI is InChI=1S/C12H27N3O4S/c1-18-9-7-15(8-10-19-2)20(16,17)14-6-4-12-3-5-13-11-12/h12-14H,3-11H2,1-2H3. The highest BCUT2D eigenvalue weighted by Gasteiger charge is 2.22. The van der Waals surface area contributed by atoms with Crippen molar-refractivity contribution >= 4 is 10.2 Å². The summed E-state index contributed by atoms with van der Waals surface area (Å²) in [6.45, 7) is 3.91. The number of nitrogens with one attached hydrogen (secondary N) is 2.